The number of hydrogen-bond donors (Lipinski definition) is 1. The van der Waals surface area contributed by atoms with Gasteiger partial charge in [0.1, 0.15) is 10.9 Å². The first-order valence-corrected chi connectivity index (χ1v) is 6.71. The fourth-order valence-corrected chi connectivity index (χ4v) is 1.82. The third-order valence-corrected chi connectivity index (χ3v) is 3.17. The molecule has 104 valence electrons. The van der Waals surface area contributed by atoms with Crippen LogP contribution in [0.1, 0.15) is 17.3 Å². The third-order valence-electron chi connectivity index (χ3n) is 2.48. The minimum absolute atomic E-state index is 0.171. The van der Waals surface area contributed by atoms with E-state index in [2.05, 4.69) is 10.3 Å². The highest BCUT2D eigenvalue weighted by Gasteiger charge is 2.09. The van der Waals surface area contributed by atoms with Crippen LogP contribution in [0, 0.1) is 0 Å². The van der Waals surface area contributed by atoms with Crippen molar-refractivity contribution in [3.63, 3.8) is 0 Å². The maximum absolute atomic E-state index is 12.0. The van der Waals surface area contributed by atoms with Crippen LogP contribution in [0.5, 0.6) is 5.75 Å². The van der Waals surface area contributed by atoms with Gasteiger partial charge in [-0.3, -0.25) is 4.79 Å². The summed E-state index contributed by atoms with van der Waals surface area (Å²) in [5, 5.41) is 3.15. The molecule has 0 unspecified atom stereocenters. The first-order chi connectivity index (χ1) is 9.60. The van der Waals surface area contributed by atoms with E-state index < -0.39 is 0 Å². The van der Waals surface area contributed by atoms with E-state index in [0.29, 0.717) is 17.9 Å². The minimum atomic E-state index is -0.305. The maximum Gasteiger partial charge on any atom is 0.257 e. The quantitative estimate of drug-likeness (QED) is 0.867. The van der Waals surface area contributed by atoms with Crippen LogP contribution in [-0.4, -0.2) is 17.5 Å². The summed E-state index contributed by atoms with van der Waals surface area (Å²) < 4.78 is 5.32. The lowest BCUT2D eigenvalue weighted by Crippen LogP contribution is -2.12. The van der Waals surface area contributed by atoms with Gasteiger partial charge in [0.2, 0.25) is 0 Å². The van der Waals surface area contributed by atoms with Crippen molar-refractivity contribution in [1.29, 1.82) is 0 Å². The number of aromatic nitrogens is 1. The van der Waals surface area contributed by atoms with E-state index in [0.717, 1.165) is 5.75 Å². The number of amides is 1. The van der Waals surface area contributed by atoms with E-state index >= 15 is 0 Å². The van der Waals surface area contributed by atoms with Gasteiger partial charge in [-0.1, -0.05) is 23.2 Å². The number of carbonyl (C=O) groups is 1. The summed E-state index contributed by atoms with van der Waals surface area (Å²) in [6.45, 7) is 2.51. The van der Waals surface area contributed by atoms with Crippen molar-refractivity contribution in [2.45, 2.75) is 6.92 Å². The van der Waals surface area contributed by atoms with E-state index in [1.54, 1.807) is 24.3 Å². The van der Waals surface area contributed by atoms with Crippen LogP contribution in [0.2, 0.25) is 10.2 Å². The fraction of sp³-hybridized carbons (Fsp3) is 0.143. The lowest BCUT2D eigenvalue weighted by Gasteiger charge is -2.07. The zero-order chi connectivity index (χ0) is 14.5. The molecule has 2 aromatic rings. The number of carbonyl (C=O) groups excluding carboxylic acids is 1. The van der Waals surface area contributed by atoms with Crippen molar-refractivity contribution in [3.8, 4) is 5.75 Å². The van der Waals surface area contributed by atoms with Gasteiger partial charge in [-0.25, -0.2) is 4.98 Å². The van der Waals surface area contributed by atoms with Crippen molar-refractivity contribution >= 4 is 34.8 Å². The van der Waals surface area contributed by atoms with Crippen LogP contribution >= 0.6 is 23.2 Å². The highest BCUT2D eigenvalue weighted by atomic mass is 35.5. The van der Waals surface area contributed by atoms with Gasteiger partial charge >= 0.3 is 0 Å². The molecular weight excluding hydrogens is 299 g/mol. The summed E-state index contributed by atoms with van der Waals surface area (Å²) in [5.41, 5.74) is 0.998. The molecule has 1 N–H and O–H groups in total. The summed E-state index contributed by atoms with van der Waals surface area (Å²) in [4.78, 5) is 15.8. The first-order valence-electron chi connectivity index (χ1n) is 5.95. The monoisotopic (exact) mass is 310 g/mol. The topological polar surface area (TPSA) is 51.2 Å². The maximum atomic E-state index is 12.0. The molecule has 0 saturated heterocycles. The number of pyridine rings is 1. The Morgan fingerprint density at radius 1 is 1.30 bits per heavy atom. The van der Waals surface area contributed by atoms with Gasteiger partial charge in [0.25, 0.3) is 5.91 Å². The molecule has 0 aliphatic heterocycles. The van der Waals surface area contributed by atoms with Gasteiger partial charge < -0.3 is 10.1 Å². The Bertz CT molecular complexity index is 615. The lowest BCUT2D eigenvalue weighted by atomic mass is 10.2. The highest BCUT2D eigenvalue weighted by Crippen LogP contribution is 2.21. The van der Waals surface area contributed by atoms with Crippen LogP contribution < -0.4 is 10.1 Å². The number of benzene rings is 1. The number of ether oxygens (including phenoxy) is 1. The third kappa shape index (κ3) is 3.62. The normalized spacial score (nSPS) is 10.2. The SMILES string of the molecule is CCOc1ccc(NC(=O)c2cnc(Cl)c(Cl)c2)cc1. The van der Waals surface area contributed by atoms with Gasteiger partial charge in [-0.15, -0.1) is 0 Å². The molecule has 0 saturated carbocycles. The Morgan fingerprint density at radius 2 is 2.00 bits per heavy atom. The molecule has 1 aromatic carbocycles. The summed E-state index contributed by atoms with van der Waals surface area (Å²) in [6, 6.07) is 8.56. The van der Waals surface area contributed by atoms with Crippen LogP contribution in [0.4, 0.5) is 5.69 Å². The molecule has 0 radical (unpaired) electrons. The van der Waals surface area contributed by atoms with Gasteiger partial charge in [0.05, 0.1) is 17.2 Å². The number of nitrogens with zero attached hydrogens (tertiary/aromatic N) is 1. The van der Waals surface area contributed by atoms with Gasteiger partial charge in [-0.2, -0.15) is 0 Å². The molecule has 4 nitrogen and oxygen atoms in total. The molecule has 2 rings (SSSR count). The first kappa shape index (κ1) is 14.6. The Hall–Kier alpha value is -1.78. The van der Waals surface area contributed by atoms with Crippen molar-refractivity contribution < 1.29 is 9.53 Å². The second-order valence-corrected chi connectivity index (χ2v) is 4.67. The molecule has 0 atom stereocenters. The molecule has 1 heterocycles. The number of rotatable bonds is 4. The predicted molar refractivity (Wildman–Crippen MR) is 79.8 cm³/mol. The Morgan fingerprint density at radius 3 is 2.60 bits per heavy atom. The zero-order valence-electron chi connectivity index (χ0n) is 10.7. The summed E-state index contributed by atoms with van der Waals surface area (Å²) in [5.74, 6) is 0.446. The molecule has 1 amide bonds. The standard InChI is InChI=1S/C14H12Cl2N2O2/c1-2-20-11-5-3-10(4-6-11)18-14(19)9-7-12(15)13(16)17-8-9/h3-8H,2H2,1H3,(H,18,19). The molecule has 20 heavy (non-hydrogen) atoms. The van der Waals surface area contributed by atoms with Crippen LogP contribution in [0.3, 0.4) is 0 Å². The Kier molecular flexibility index (Phi) is 4.82. The van der Waals surface area contributed by atoms with E-state index in [9.17, 15) is 4.79 Å². The largest absolute Gasteiger partial charge is 0.494 e. The summed E-state index contributed by atoms with van der Waals surface area (Å²) in [7, 11) is 0. The number of halogens is 2. The van der Waals surface area contributed by atoms with Gasteiger partial charge in [-0.05, 0) is 37.3 Å². The molecular formula is C14H12Cl2N2O2. The number of nitrogens with one attached hydrogen (secondary N) is 1. The van der Waals surface area contributed by atoms with Crippen molar-refractivity contribution in [3.05, 3.63) is 52.3 Å². The molecule has 0 aliphatic rings. The minimum Gasteiger partial charge on any atom is -0.494 e. The Balaban J connectivity index is 2.08. The van der Waals surface area contributed by atoms with Crippen LogP contribution in [0.25, 0.3) is 0 Å². The summed E-state index contributed by atoms with van der Waals surface area (Å²) >= 11 is 11.5. The van der Waals surface area contributed by atoms with Gasteiger partial charge in [0.15, 0.2) is 0 Å². The number of hydrogen-bond acceptors (Lipinski definition) is 3. The number of anilines is 1. The second-order valence-electron chi connectivity index (χ2n) is 3.91. The van der Waals surface area contributed by atoms with E-state index in [-0.39, 0.29) is 16.1 Å². The van der Waals surface area contributed by atoms with Crippen LogP contribution in [0.15, 0.2) is 36.5 Å². The van der Waals surface area contributed by atoms with Crippen molar-refractivity contribution in [1.82, 2.24) is 4.98 Å². The van der Waals surface area contributed by atoms with E-state index in [4.69, 9.17) is 27.9 Å². The fourth-order valence-electron chi connectivity index (χ4n) is 1.55. The predicted octanol–water partition coefficient (Wildman–Crippen LogP) is 4.04. The smallest absolute Gasteiger partial charge is 0.257 e. The molecule has 0 bridgehead atoms. The van der Waals surface area contributed by atoms with E-state index in [1.807, 2.05) is 6.92 Å². The highest BCUT2D eigenvalue weighted by molar-refractivity contribution is 6.41. The molecule has 0 aliphatic carbocycles. The second kappa shape index (κ2) is 6.59. The average molecular weight is 311 g/mol. The lowest BCUT2D eigenvalue weighted by molar-refractivity contribution is 0.102. The molecule has 1 aromatic heterocycles. The molecule has 0 spiro atoms. The molecule has 6 heteroatoms. The average Bonchev–Trinajstić information content (AvgIpc) is 2.44. The van der Waals surface area contributed by atoms with Crippen molar-refractivity contribution in [2.75, 3.05) is 11.9 Å². The van der Waals surface area contributed by atoms with E-state index in [1.165, 1.54) is 12.3 Å². The molecule has 0 fully saturated rings. The van der Waals surface area contributed by atoms with Crippen LogP contribution in [-0.2, 0) is 0 Å². The summed E-state index contributed by atoms with van der Waals surface area (Å²) in [6.07, 6.45) is 1.37. The zero-order valence-corrected chi connectivity index (χ0v) is 12.2. The van der Waals surface area contributed by atoms with Gasteiger partial charge in [0, 0.05) is 11.9 Å². The van der Waals surface area contributed by atoms with Crippen molar-refractivity contribution in [2.24, 2.45) is 0 Å². The Labute approximate surface area is 126 Å².